The Morgan fingerprint density at radius 3 is 0.993 bits per heavy atom. The summed E-state index contributed by atoms with van der Waals surface area (Å²) in [6.07, 6.45) is -3.23. The van der Waals surface area contributed by atoms with Gasteiger partial charge in [-0.25, -0.2) is 4.79 Å². The molecule has 0 saturated carbocycles. The molecule has 0 fully saturated rings. The Balaban J connectivity index is 1.24. The molecule has 2 aromatic heterocycles. The first-order valence-corrected chi connectivity index (χ1v) is 47.8. The number of unbranched alkanes of at least 4 members (excludes halogenated alkanes) is 1. The van der Waals surface area contributed by atoms with E-state index >= 15 is 14.4 Å². The van der Waals surface area contributed by atoms with Crippen molar-refractivity contribution in [3.63, 3.8) is 0 Å². The van der Waals surface area contributed by atoms with Gasteiger partial charge in [0.25, 0.3) is 0 Å². The molecule has 0 saturated heterocycles. The van der Waals surface area contributed by atoms with Crippen molar-refractivity contribution in [2.24, 2.45) is 52.3 Å². The van der Waals surface area contributed by atoms with Gasteiger partial charge in [-0.15, -0.1) is 0 Å². The first kappa shape index (κ1) is 117. The van der Waals surface area contributed by atoms with Gasteiger partial charge in [0.2, 0.25) is 106 Å². The Morgan fingerprint density at radius 2 is 0.615 bits per heavy atom. The predicted molar refractivity (Wildman–Crippen MR) is 529 cm³/mol. The number of amides is 18. The number of carboxylic acid groups (broad SMARTS) is 3. The summed E-state index contributed by atoms with van der Waals surface area (Å²) < 4.78 is 0. The van der Waals surface area contributed by atoms with Gasteiger partial charge in [0.05, 0.1) is 31.7 Å². The van der Waals surface area contributed by atoms with Crippen molar-refractivity contribution in [3.8, 4) is 0 Å². The van der Waals surface area contributed by atoms with E-state index in [2.05, 4.69) is 115 Å². The van der Waals surface area contributed by atoms with Gasteiger partial charge in [-0.2, -0.15) is 25.3 Å². The molecule has 0 unspecified atom stereocenters. The molecule has 0 radical (unpaired) electrons. The van der Waals surface area contributed by atoms with Crippen LogP contribution in [0, 0.1) is 23.7 Å². The second kappa shape index (κ2) is 58.0. The third kappa shape index (κ3) is 38.8. The van der Waals surface area contributed by atoms with Crippen LogP contribution in [-0.4, -0.2) is 264 Å². The van der Waals surface area contributed by atoms with Crippen molar-refractivity contribution in [2.45, 2.75) is 248 Å². The van der Waals surface area contributed by atoms with Crippen LogP contribution in [0.4, 0.5) is 0 Å². The molecule has 18 amide bonds. The molecule has 6 rings (SSSR count). The molecule has 0 aliphatic heterocycles. The third-order valence-corrected chi connectivity index (χ3v) is 23.5. The van der Waals surface area contributed by atoms with Crippen molar-refractivity contribution in [2.75, 3.05) is 18.1 Å². The summed E-state index contributed by atoms with van der Waals surface area (Å²) in [7, 11) is 0. The number of fused-ring (bicyclic) bond motifs is 2. The summed E-state index contributed by atoms with van der Waals surface area (Å²) in [5.74, 6) is -27.2. The van der Waals surface area contributed by atoms with Crippen molar-refractivity contribution in [3.05, 3.63) is 144 Å². The highest BCUT2D eigenvalue weighted by atomic mass is 32.1. The van der Waals surface area contributed by atoms with Crippen LogP contribution < -0.4 is 108 Å². The monoisotopic (exact) mass is 2030 g/mol. The maximum Gasteiger partial charge on any atom is 0.326 e. The number of hydrogen-bond acceptors (Lipinski definition) is 25. The predicted octanol–water partition coefficient (Wildman–Crippen LogP) is -3.04. The van der Waals surface area contributed by atoms with Crippen molar-refractivity contribution in [1.29, 1.82) is 0 Å². The summed E-state index contributed by atoms with van der Waals surface area (Å²) in [5.41, 5.74) is 31.8. The van der Waals surface area contributed by atoms with Gasteiger partial charge in [0, 0.05) is 77.8 Å². The number of carbonyl (C=O) groups excluding carboxylic acids is 18. The van der Waals surface area contributed by atoms with E-state index in [0.717, 1.165) is 0 Å². The topological polar surface area (TPSA) is 761 Å². The molecule has 6 aromatic rings. The molecule has 0 bridgehead atoms. The van der Waals surface area contributed by atoms with Crippen LogP contribution in [0.2, 0.25) is 0 Å². The highest BCUT2D eigenvalue weighted by Gasteiger charge is 2.42. The van der Waals surface area contributed by atoms with Crippen LogP contribution in [-0.2, 0) is 126 Å². The molecule has 48 heteroatoms. The molecule has 0 aliphatic rings. The SMILES string of the molecule is CC(C)C[C@H](NC(=O)[C@@H](NC(=O)[C@H](CC(=O)O)NC(=O)[C@H](CS)NC(=O)[C@H](Cc1ccccc1)NC(=O)[C@H](Cc1c[nH]c2ccccc12)NC(=O)[C@H](CCC(N)=O)NC(=O)[C@H](CC(N)=O)NC(=O)[C@H](CCCCN)NC(=O)[C@H](Cc1ccccc1)NC(=O)[C@H](CC(C)C)NC(=O)[C@H](CC(N)=O)NC(=O)[C@H](CS)NC(=O)[C@@H](NC(=O)[C@H](Cc1c[nH]c2ccccc12)NC(=O)[C@@H](N)CC(=O)O)C(C)C)C(C)C)C(=O)O. The summed E-state index contributed by atoms with van der Waals surface area (Å²) in [6, 6.07) is 3.19. The Morgan fingerprint density at radius 1 is 0.315 bits per heavy atom. The fourth-order valence-corrected chi connectivity index (χ4v) is 15.8. The minimum Gasteiger partial charge on any atom is -0.481 e. The average Bonchev–Trinajstić information content (AvgIpc) is 1.67. The van der Waals surface area contributed by atoms with Gasteiger partial charge in [0.1, 0.15) is 90.6 Å². The number of carboxylic acids is 3. The molecule has 46 nitrogen and oxygen atoms in total. The average molecular weight is 2030 g/mol. The fraction of sp³-hybridized carbons (Fsp3) is 0.484. The van der Waals surface area contributed by atoms with E-state index in [1.54, 1.807) is 157 Å². The Bertz CT molecular complexity index is 5470. The summed E-state index contributed by atoms with van der Waals surface area (Å²) in [5, 5.41) is 67.7. The number of hydrogen-bond donors (Lipinski definition) is 27. The maximum absolute atomic E-state index is 15.3. The second-order valence-corrected chi connectivity index (χ2v) is 36.9. The van der Waals surface area contributed by atoms with Gasteiger partial charge in [0.15, 0.2) is 0 Å². The summed E-state index contributed by atoms with van der Waals surface area (Å²) >= 11 is 8.57. The highest BCUT2D eigenvalue weighted by Crippen LogP contribution is 2.24. The number of benzene rings is 4. The number of para-hydroxylation sites is 2. The quantitative estimate of drug-likeness (QED) is 0.0133. The molecule has 0 spiro atoms. The number of aliphatic carboxylic acids is 3. The normalized spacial score (nSPS) is 14.7. The number of primary amides is 3. The van der Waals surface area contributed by atoms with Crippen LogP contribution in [0.15, 0.2) is 122 Å². The minimum absolute atomic E-state index is 0.0144. The highest BCUT2D eigenvalue weighted by molar-refractivity contribution is 7.80. The zero-order valence-electron chi connectivity index (χ0n) is 80.5. The first-order chi connectivity index (χ1) is 67.6. The first-order valence-electron chi connectivity index (χ1n) is 46.5. The van der Waals surface area contributed by atoms with Crippen LogP contribution >= 0.6 is 25.3 Å². The molecular weight excluding hydrogens is 1900 g/mol. The standard InChI is InChI=1S/C95H132N22O24S2/c1-47(2)33-62(106-88(133)68(41-75(100)120)111-92(137)72(46-143)115-94(139)79(50(7)8)116-89(134)66(105-80(125)57(97)39-76(121)122)38-54-44-102-59-28-18-16-26-56(54)59)83(128)107-63(35-51-21-11-9-12-22-51)84(129)103-60(29-19-20-32-96)81(126)110-67(40-74(99)119)87(132)104-61(30-31-73(98)118)82(127)109-65(37-53-43-101-58-27-17-15-25-55(53)58)86(131)108-64(36-52-23-13-10-14-24-52)85(130)114-71(45-142)91(136)112-69(42-77(123)124)90(135)117-78(49(5)6)93(138)113-70(95(140)141)34-48(3)4/h9-18,21-28,43-44,47-50,57,60-72,78-79,101-102,142-143H,19-20,29-42,45-46,96-97H2,1-8H3,(H2,98,118)(H2,99,119)(H2,100,120)(H,103,129)(H,104,132)(H,105,125)(H,106,133)(H,107,128)(H,108,131)(H,109,127)(H,110,126)(H,111,137)(H,112,136)(H,113,138)(H,114,130)(H,115,139)(H,116,134)(H,117,135)(H,121,122)(H,123,124)(H,140,141)/t57-,60-,61-,62-,63-,64-,65-,66-,67-,68-,69-,70-,71-,72-,78-,79-/m0/s1. The van der Waals surface area contributed by atoms with Crippen LogP contribution in [0.25, 0.3) is 21.8 Å². The smallest absolute Gasteiger partial charge is 0.326 e. The molecule has 16 atom stereocenters. The number of aromatic nitrogens is 2. The van der Waals surface area contributed by atoms with Crippen molar-refractivity contribution in [1.82, 2.24) is 89.7 Å². The van der Waals surface area contributed by atoms with E-state index in [0.29, 0.717) is 44.1 Å². The number of nitrogens with one attached hydrogen (secondary N) is 17. The number of nitrogens with two attached hydrogens (primary N) is 5. The van der Waals surface area contributed by atoms with E-state index in [4.69, 9.17) is 28.7 Å². The largest absolute Gasteiger partial charge is 0.481 e. The Labute approximate surface area is 835 Å². The fourth-order valence-electron chi connectivity index (χ4n) is 15.3. The van der Waals surface area contributed by atoms with Gasteiger partial charge < -0.3 is 134 Å². The Hall–Kier alpha value is -14.6. The lowest BCUT2D eigenvalue weighted by Gasteiger charge is -2.29. The third-order valence-electron chi connectivity index (χ3n) is 22.8. The molecule has 30 N–H and O–H groups in total. The van der Waals surface area contributed by atoms with Crippen molar-refractivity contribution >= 4 is 171 Å². The van der Waals surface area contributed by atoms with E-state index < -0.39 is 295 Å². The van der Waals surface area contributed by atoms with Crippen LogP contribution in [0.5, 0.6) is 0 Å². The number of rotatable bonds is 62. The number of carbonyl (C=O) groups is 21. The van der Waals surface area contributed by atoms with E-state index in [9.17, 15) is 102 Å². The number of aromatic amines is 2. The zero-order chi connectivity index (χ0) is 106. The van der Waals surface area contributed by atoms with Gasteiger partial charge >= 0.3 is 17.9 Å². The van der Waals surface area contributed by atoms with Gasteiger partial charge in [-0.3, -0.25) is 95.9 Å². The summed E-state index contributed by atoms with van der Waals surface area (Å²) in [4.78, 5) is 298. The van der Waals surface area contributed by atoms with Crippen LogP contribution in [0.3, 0.4) is 0 Å². The number of H-pyrrole nitrogens is 2. The lowest BCUT2D eigenvalue weighted by molar-refractivity contribution is -0.144. The Kier molecular flexibility index (Phi) is 47.5. The minimum atomic E-state index is -2.03. The maximum atomic E-state index is 15.3. The zero-order valence-corrected chi connectivity index (χ0v) is 82.3. The lowest BCUT2D eigenvalue weighted by atomic mass is 9.99. The molecule has 778 valence electrons. The summed E-state index contributed by atoms with van der Waals surface area (Å²) in [6.45, 7) is 13.0. The van der Waals surface area contributed by atoms with Crippen LogP contribution in [0.1, 0.15) is 148 Å². The van der Waals surface area contributed by atoms with E-state index in [1.807, 2.05) is 0 Å². The molecule has 2 heterocycles. The number of thiol groups is 2. The van der Waals surface area contributed by atoms with Gasteiger partial charge in [-0.1, -0.05) is 152 Å². The molecule has 4 aromatic carbocycles. The van der Waals surface area contributed by atoms with E-state index in [-0.39, 0.29) is 63.8 Å². The van der Waals surface area contributed by atoms with Crippen molar-refractivity contribution < 1.29 is 116 Å². The molecular formula is C95H132N22O24S2. The second-order valence-electron chi connectivity index (χ2n) is 36.2. The van der Waals surface area contributed by atoms with E-state index in [1.165, 1.54) is 20.0 Å². The van der Waals surface area contributed by atoms with Gasteiger partial charge in [-0.05, 0) is 103 Å². The lowest BCUT2D eigenvalue weighted by Crippen LogP contribution is -2.62. The molecule has 143 heavy (non-hydrogen) atoms. The molecule has 0 aliphatic carbocycles.